The predicted molar refractivity (Wildman–Crippen MR) is 73.8 cm³/mol. The average molecular weight is 282 g/mol. The van der Waals surface area contributed by atoms with Gasteiger partial charge in [0.25, 0.3) is 0 Å². The van der Waals surface area contributed by atoms with Crippen molar-refractivity contribution in [3.63, 3.8) is 0 Å². The second-order valence-electron chi connectivity index (χ2n) is 4.28. The molecule has 93 valence electrons. The summed E-state index contributed by atoms with van der Waals surface area (Å²) in [5.74, 6) is -0.0413. The molecule has 0 heterocycles. The van der Waals surface area contributed by atoms with Gasteiger partial charge in [0.1, 0.15) is 5.82 Å². The molecule has 2 aromatic rings. The third-order valence-electron chi connectivity index (χ3n) is 2.86. The largest absolute Gasteiger partial charge is 0.207 e. The lowest BCUT2D eigenvalue weighted by atomic mass is 9.94. The normalized spacial score (nSPS) is 12.4. The van der Waals surface area contributed by atoms with Crippen LogP contribution in [0.25, 0.3) is 0 Å². The van der Waals surface area contributed by atoms with Crippen LogP contribution in [-0.2, 0) is 6.42 Å². The Kier molecular flexibility index (Phi) is 4.26. The SMILES string of the molecule is C[C@H](Cc1ccc(F)cc1)c1[c]ccc(Cl)c1Cl. The van der Waals surface area contributed by atoms with Gasteiger partial charge in [-0.25, -0.2) is 4.39 Å². The van der Waals surface area contributed by atoms with Gasteiger partial charge >= 0.3 is 0 Å². The molecule has 0 aliphatic heterocycles. The van der Waals surface area contributed by atoms with E-state index in [1.165, 1.54) is 12.1 Å². The lowest BCUT2D eigenvalue weighted by Gasteiger charge is -2.14. The molecule has 0 fully saturated rings. The van der Waals surface area contributed by atoms with Gasteiger partial charge in [0, 0.05) is 0 Å². The summed E-state index contributed by atoms with van der Waals surface area (Å²) in [6.45, 7) is 2.05. The molecule has 0 nitrogen and oxygen atoms in total. The van der Waals surface area contributed by atoms with Crippen LogP contribution in [0.5, 0.6) is 0 Å². The monoisotopic (exact) mass is 281 g/mol. The van der Waals surface area contributed by atoms with Crippen LogP contribution >= 0.6 is 23.2 Å². The molecular formula is C15H12Cl2F. The van der Waals surface area contributed by atoms with Crippen LogP contribution in [-0.4, -0.2) is 0 Å². The highest BCUT2D eigenvalue weighted by Gasteiger charge is 2.12. The molecular weight excluding hydrogens is 270 g/mol. The van der Waals surface area contributed by atoms with Crippen LogP contribution < -0.4 is 0 Å². The number of rotatable bonds is 3. The van der Waals surface area contributed by atoms with Crippen molar-refractivity contribution in [1.29, 1.82) is 0 Å². The van der Waals surface area contributed by atoms with Crippen molar-refractivity contribution in [1.82, 2.24) is 0 Å². The molecule has 18 heavy (non-hydrogen) atoms. The molecule has 0 amide bonds. The fourth-order valence-corrected chi connectivity index (χ4v) is 2.37. The summed E-state index contributed by atoms with van der Waals surface area (Å²) in [6, 6.07) is 13.1. The summed E-state index contributed by atoms with van der Waals surface area (Å²) >= 11 is 12.1. The Bertz CT molecular complexity index is 535. The highest BCUT2D eigenvalue weighted by Crippen LogP contribution is 2.32. The van der Waals surface area contributed by atoms with Crippen molar-refractivity contribution in [3.05, 3.63) is 69.5 Å². The van der Waals surface area contributed by atoms with Crippen LogP contribution in [0.2, 0.25) is 10.0 Å². The highest BCUT2D eigenvalue weighted by molar-refractivity contribution is 6.42. The lowest BCUT2D eigenvalue weighted by molar-refractivity contribution is 0.626. The van der Waals surface area contributed by atoms with E-state index in [9.17, 15) is 4.39 Å². The first-order chi connectivity index (χ1) is 8.58. The molecule has 0 N–H and O–H groups in total. The zero-order chi connectivity index (χ0) is 13.1. The molecule has 0 aliphatic carbocycles. The van der Waals surface area contributed by atoms with Gasteiger partial charge in [-0.2, -0.15) is 0 Å². The predicted octanol–water partition coefficient (Wildman–Crippen LogP) is 5.28. The first-order valence-electron chi connectivity index (χ1n) is 5.68. The summed E-state index contributed by atoms with van der Waals surface area (Å²) in [7, 11) is 0. The fourth-order valence-electron chi connectivity index (χ4n) is 1.90. The van der Waals surface area contributed by atoms with E-state index in [2.05, 4.69) is 13.0 Å². The summed E-state index contributed by atoms with van der Waals surface area (Å²) in [6.07, 6.45) is 0.775. The van der Waals surface area contributed by atoms with Crippen molar-refractivity contribution < 1.29 is 4.39 Å². The van der Waals surface area contributed by atoms with E-state index in [0.29, 0.717) is 10.0 Å². The van der Waals surface area contributed by atoms with Gasteiger partial charge in [0.05, 0.1) is 10.0 Å². The van der Waals surface area contributed by atoms with Gasteiger partial charge in [-0.3, -0.25) is 0 Å². The lowest BCUT2D eigenvalue weighted by Crippen LogP contribution is -2.00. The molecule has 0 aromatic heterocycles. The van der Waals surface area contributed by atoms with E-state index in [-0.39, 0.29) is 11.7 Å². The molecule has 0 unspecified atom stereocenters. The Morgan fingerprint density at radius 2 is 1.83 bits per heavy atom. The molecule has 0 bridgehead atoms. The fraction of sp³-hybridized carbons (Fsp3) is 0.200. The standard InChI is InChI=1S/C15H12Cl2F/c1-10(9-11-5-7-12(18)8-6-11)13-3-2-4-14(16)15(13)17/h2,4-8,10H,9H2,1H3/t10-/m1/s1. The van der Waals surface area contributed by atoms with Crippen molar-refractivity contribution in [3.8, 4) is 0 Å². The molecule has 1 radical (unpaired) electrons. The summed E-state index contributed by atoms with van der Waals surface area (Å²) in [5, 5.41) is 1.09. The Morgan fingerprint density at radius 3 is 2.50 bits per heavy atom. The number of hydrogen-bond donors (Lipinski definition) is 0. The van der Waals surface area contributed by atoms with Gasteiger partial charge in [0.15, 0.2) is 0 Å². The summed E-state index contributed by atoms with van der Waals surface area (Å²) in [5.41, 5.74) is 1.96. The molecule has 3 heteroatoms. The van der Waals surface area contributed by atoms with Crippen LogP contribution in [0.15, 0.2) is 36.4 Å². The molecule has 0 aliphatic rings. The minimum Gasteiger partial charge on any atom is -0.207 e. The third kappa shape index (κ3) is 3.04. The molecule has 0 spiro atoms. The van der Waals surface area contributed by atoms with E-state index in [1.54, 1.807) is 24.3 Å². The van der Waals surface area contributed by atoms with E-state index in [4.69, 9.17) is 23.2 Å². The van der Waals surface area contributed by atoms with Crippen LogP contribution in [0.4, 0.5) is 4.39 Å². The van der Waals surface area contributed by atoms with Crippen molar-refractivity contribution >= 4 is 23.2 Å². The zero-order valence-electron chi connectivity index (χ0n) is 9.88. The van der Waals surface area contributed by atoms with Crippen molar-refractivity contribution in [2.24, 2.45) is 0 Å². The Balaban J connectivity index is 2.19. The third-order valence-corrected chi connectivity index (χ3v) is 3.68. The average Bonchev–Trinajstić information content (AvgIpc) is 2.35. The maximum atomic E-state index is 12.8. The highest BCUT2D eigenvalue weighted by atomic mass is 35.5. The Hall–Kier alpha value is -1.05. The Labute approximate surface area is 116 Å². The van der Waals surface area contributed by atoms with E-state index in [1.807, 2.05) is 0 Å². The van der Waals surface area contributed by atoms with E-state index >= 15 is 0 Å². The zero-order valence-corrected chi connectivity index (χ0v) is 11.4. The molecule has 1 atom stereocenters. The maximum Gasteiger partial charge on any atom is 0.123 e. The number of hydrogen-bond acceptors (Lipinski definition) is 0. The van der Waals surface area contributed by atoms with Gasteiger partial charge in [0.2, 0.25) is 0 Å². The number of benzene rings is 2. The van der Waals surface area contributed by atoms with Gasteiger partial charge in [-0.1, -0.05) is 48.3 Å². The summed E-state index contributed by atoms with van der Waals surface area (Å²) < 4.78 is 12.8. The van der Waals surface area contributed by atoms with Gasteiger partial charge < -0.3 is 0 Å². The first-order valence-corrected chi connectivity index (χ1v) is 6.43. The van der Waals surface area contributed by atoms with Gasteiger partial charge in [-0.05, 0) is 47.7 Å². The van der Waals surface area contributed by atoms with Crippen molar-refractivity contribution in [2.75, 3.05) is 0 Å². The van der Waals surface area contributed by atoms with Gasteiger partial charge in [-0.15, -0.1) is 0 Å². The molecule has 0 saturated carbocycles. The molecule has 0 saturated heterocycles. The van der Waals surface area contributed by atoms with Crippen LogP contribution in [0, 0.1) is 11.9 Å². The number of halogens is 3. The summed E-state index contributed by atoms with van der Waals surface area (Å²) in [4.78, 5) is 0. The second kappa shape index (κ2) is 5.73. The van der Waals surface area contributed by atoms with E-state index in [0.717, 1.165) is 17.5 Å². The minimum absolute atomic E-state index is 0.182. The second-order valence-corrected chi connectivity index (χ2v) is 5.07. The van der Waals surface area contributed by atoms with Crippen LogP contribution in [0.3, 0.4) is 0 Å². The molecule has 2 aromatic carbocycles. The van der Waals surface area contributed by atoms with E-state index < -0.39 is 0 Å². The smallest absolute Gasteiger partial charge is 0.123 e. The quantitative estimate of drug-likeness (QED) is 0.718. The minimum atomic E-state index is -0.223. The maximum absolute atomic E-state index is 12.8. The van der Waals surface area contributed by atoms with Crippen molar-refractivity contribution in [2.45, 2.75) is 19.3 Å². The Morgan fingerprint density at radius 1 is 1.17 bits per heavy atom. The van der Waals surface area contributed by atoms with Crippen LogP contribution in [0.1, 0.15) is 24.0 Å². The molecule has 2 rings (SSSR count). The first kappa shape index (κ1) is 13.4. The topological polar surface area (TPSA) is 0 Å².